The summed E-state index contributed by atoms with van der Waals surface area (Å²) in [7, 11) is 0. The average Bonchev–Trinajstić information content (AvgIpc) is 3.29. The van der Waals surface area contributed by atoms with E-state index in [0.29, 0.717) is 5.56 Å². The van der Waals surface area contributed by atoms with Crippen molar-refractivity contribution in [2.75, 3.05) is 0 Å². The maximum absolute atomic E-state index is 11.9. The van der Waals surface area contributed by atoms with Gasteiger partial charge in [0.15, 0.2) is 0 Å². The summed E-state index contributed by atoms with van der Waals surface area (Å²) in [6, 6.07) is 8.20. The van der Waals surface area contributed by atoms with Crippen LogP contribution in [0.1, 0.15) is 36.1 Å². The van der Waals surface area contributed by atoms with Crippen molar-refractivity contribution >= 4 is 16.8 Å². The first-order chi connectivity index (χ1) is 10.2. The van der Waals surface area contributed by atoms with Crippen molar-refractivity contribution in [1.29, 1.82) is 5.26 Å². The van der Waals surface area contributed by atoms with Crippen molar-refractivity contribution in [3.63, 3.8) is 0 Å². The summed E-state index contributed by atoms with van der Waals surface area (Å²) in [6.45, 7) is 0. The summed E-state index contributed by atoms with van der Waals surface area (Å²) in [5.41, 5.74) is 4.31. The van der Waals surface area contributed by atoms with E-state index in [0.717, 1.165) is 43.0 Å². The first kappa shape index (κ1) is 12.5. The summed E-state index contributed by atoms with van der Waals surface area (Å²) in [5.74, 6) is 0.487. The van der Waals surface area contributed by atoms with Crippen molar-refractivity contribution in [1.82, 2.24) is 10.3 Å². The minimum atomic E-state index is 0.223. The molecule has 0 aliphatic heterocycles. The Hall–Kier alpha value is -2.28. The Morgan fingerprint density at radius 1 is 1.33 bits per heavy atom. The Balaban J connectivity index is 1.63. The van der Waals surface area contributed by atoms with Crippen LogP contribution in [0.15, 0.2) is 18.2 Å². The van der Waals surface area contributed by atoms with Gasteiger partial charge in [-0.3, -0.25) is 4.79 Å². The van der Waals surface area contributed by atoms with Crippen LogP contribution in [-0.4, -0.2) is 16.9 Å². The van der Waals surface area contributed by atoms with Crippen molar-refractivity contribution < 1.29 is 4.79 Å². The Bertz CT molecular complexity index is 764. The van der Waals surface area contributed by atoms with Gasteiger partial charge in [-0.1, -0.05) is 0 Å². The first-order valence-corrected chi connectivity index (χ1v) is 7.58. The lowest BCUT2D eigenvalue weighted by Crippen LogP contribution is -2.39. The Morgan fingerprint density at radius 3 is 2.95 bits per heavy atom. The second-order valence-electron chi connectivity index (χ2n) is 6.18. The van der Waals surface area contributed by atoms with Crippen LogP contribution in [-0.2, 0) is 17.6 Å². The predicted molar refractivity (Wildman–Crippen MR) is 79.7 cm³/mol. The highest BCUT2D eigenvalue weighted by Crippen LogP contribution is 2.32. The van der Waals surface area contributed by atoms with E-state index in [-0.39, 0.29) is 17.9 Å². The molecule has 4 heteroatoms. The fraction of sp³-hybridized carbons (Fsp3) is 0.412. The summed E-state index contributed by atoms with van der Waals surface area (Å²) in [4.78, 5) is 15.4. The second kappa shape index (κ2) is 4.63. The topological polar surface area (TPSA) is 68.7 Å². The number of aromatic amines is 1. The van der Waals surface area contributed by atoms with E-state index in [1.54, 1.807) is 0 Å². The number of rotatable bonds is 2. The molecule has 1 aromatic carbocycles. The van der Waals surface area contributed by atoms with Crippen LogP contribution >= 0.6 is 0 Å². The molecule has 1 heterocycles. The number of nitrogens with zero attached hydrogens (tertiary/aromatic N) is 1. The van der Waals surface area contributed by atoms with Crippen LogP contribution in [0.2, 0.25) is 0 Å². The van der Waals surface area contributed by atoms with Crippen molar-refractivity contribution in [3.8, 4) is 6.07 Å². The maximum Gasteiger partial charge on any atom is 0.223 e. The predicted octanol–water partition coefficient (Wildman–Crippen LogP) is 2.42. The van der Waals surface area contributed by atoms with Crippen LogP contribution < -0.4 is 5.32 Å². The summed E-state index contributed by atoms with van der Waals surface area (Å²) in [6.07, 6.45) is 4.90. The molecule has 1 unspecified atom stereocenters. The largest absolute Gasteiger partial charge is 0.358 e. The number of carbonyl (C=O) groups excluding carboxylic acids is 1. The van der Waals surface area contributed by atoms with Gasteiger partial charge in [0.2, 0.25) is 5.91 Å². The summed E-state index contributed by atoms with van der Waals surface area (Å²) in [5, 5.41) is 13.4. The van der Waals surface area contributed by atoms with Gasteiger partial charge in [0, 0.05) is 28.6 Å². The molecule has 0 radical (unpaired) electrons. The highest BCUT2D eigenvalue weighted by molar-refractivity contribution is 5.86. The molecule has 2 aliphatic rings. The molecule has 106 valence electrons. The number of amides is 1. The van der Waals surface area contributed by atoms with E-state index in [1.807, 2.05) is 18.2 Å². The van der Waals surface area contributed by atoms with E-state index < -0.39 is 0 Å². The van der Waals surface area contributed by atoms with Gasteiger partial charge in [0.1, 0.15) is 0 Å². The van der Waals surface area contributed by atoms with Gasteiger partial charge < -0.3 is 10.3 Å². The third-order valence-electron chi connectivity index (χ3n) is 4.61. The van der Waals surface area contributed by atoms with Crippen molar-refractivity contribution in [2.45, 2.75) is 38.1 Å². The zero-order valence-electron chi connectivity index (χ0n) is 11.8. The molecule has 2 aliphatic carbocycles. The number of fused-ring (bicyclic) bond motifs is 3. The molecule has 1 aromatic heterocycles. The van der Waals surface area contributed by atoms with Gasteiger partial charge in [0.05, 0.1) is 11.6 Å². The fourth-order valence-electron chi connectivity index (χ4n) is 3.27. The standard InChI is InChI=1S/C17H17N3O/c18-9-10-1-5-15-13(7-10)14-8-12(4-6-16(14)20-15)19-17(21)11-2-3-11/h1,5,7,11-12,20H,2-4,6,8H2,(H,19,21). The number of aryl methyl sites for hydroxylation is 1. The van der Waals surface area contributed by atoms with E-state index in [4.69, 9.17) is 5.26 Å². The van der Waals surface area contributed by atoms with E-state index in [1.165, 1.54) is 11.3 Å². The van der Waals surface area contributed by atoms with Crippen LogP contribution in [0.5, 0.6) is 0 Å². The number of aromatic nitrogens is 1. The number of nitrogens with one attached hydrogen (secondary N) is 2. The quantitative estimate of drug-likeness (QED) is 0.886. The monoisotopic (exact) mass is 279 g/mol. The average molecular weight is 279 g/mol. The van der Waals surface area contributed by atoms with E-state index in [2.05, 4.69) is 16.4 Å². The lowest BCUT2D eigenvalue weighted by atomic mass is 9.91. The molecule has 1 fully saturated rings. The smallest absolute Gasteiger partial charge is 0.223 e. The Morgan fingerprint density at radius 2 is 2.19 bits per heavy atom. The van der Waals surface area contributed by atoms with Gasteiger partial charge in [-0.15, -0.1) is 0 Å². The van der Waals surface area contributed by atoms with Crippen LogP contribution in [0.4, 0.5) is 0 Å². The molecule has 1 atom stereocenters. The molecule has 0 bridgehead atoms. The normalized spacial score (nSPS) is 20.8. The van der Waals surface area contributed by atoms with E-state index >= 15 is 0 Å². The number of nitriles is 1. The minimum absolute atomic E-state index is 0.223. The summed E-state index contributed by atoms with van der Waals surface area (Å²) < 4.78 is 0. The zero-order valence-corrected chi connectivity index (χ0v) is 11.8. The zero-order chi connectivity index (χ0) is 14.4. The van der Waals surface area contributed by atoms with Crippen LogP contribution in [0.3, 0.4) is 0 Å². The van der Waals surface area contributed by atoms with E-state index in [9.17, 15) is 4.79 Å². The second-order valence-corrected chi connectivity index (χ2v) is 6.18. The molecular weight excluding hydrogens is 262 g/mol. The Kier molecular flexibility index (Phi) is 2.75. The number of carbonyl (C=O) groups is 1. The molecule has 1 saturated carbocycles. The molecule has 2 N–H and O–H groups in total. The number of hydrogen-bond donors (Lipinski definition) is 2. The van der Waals surface area contributed by atoms with Gasteiger partial charge in [0.25, 0.3) is 0 Å². The molecule has 0 spiro atoms. The number of H-pyrrole nitrogens is 1. The van der Waals surface area contributed by atoms with Gasteiger partial charge in [-0.2, -0.15) is 5.26 Å². The van der Waals surface area contributed by atoms with Gasteiger partial charge in [-0.05, 0) is 55.9 Å². The molecule has 0 saturated heterocycles. The highest BCUT2D eigenvalue weighted by atomic mass is 16.2. The summed E-state index contributed by atoms with van der Waals surface area (Å²) >= 11 is 0. The van der Waals surface area contributed by atoms with Crippen molar-refractivity contribution in [3.05, 3.63) is 35.0 Å². The molecule has 2 aromatic rings. The maximum atomic E-state index is 11.9. The van der Waals surface area contributed by atoms with Crippen LogP contribution in [0, 0.1) is 17.2 Å². The minimum Gasteiger partial charge on any atom is -0.358 e. The Labute approximate surface area is 123 Å². The number of hydrogen-bond acceptors (Lipinski definition) is 2. The molecule has 21 heavy (non-hydrogen) atoms. The SMILES string of the molecule is N#Cc1ccc2[nH]c3c(c2c1)CC(NC(=O)C1CC1)CC3. The lowest BCUT2D eigenvalue weighted by molar-refractivity contribution is -0.123. The fourth-order valence-corrected chi connectivity index (χ4v) is 3.27. The number of benzene rings is 1. The van der Waals surface area contributed by atoms with Crippen LogP contribution in [0.25, 0.3) is 10.9 Å². The van der Waals surface area contributed by atoms with Gasteiger partial charge >= 0.3 is 0 Å². The van der Waals surface area contributed by atoms with Crippen molar-refractivity contribution in [2.24, 2.45) is 5.92 Å². The first-order valence-electron chi connectivity index (χ1n) is 7.58. The third kappa shape index (κ3) is 2.19. The molecule has 4 rings (SSSR count). The highest BCUT2D eigenvalue weighted by Gasteiger charge is 2.32. The third-order valence-corrected chi connectivity index (χ3v) is 4.61. The molecule has 1 amide bonds. The lowest BCUT2D eigenvalue weighted by Gasteiger charge is -2.23. The molecular formula is C17H17N3O. The van der Waals surface area contributed by atoms with Gasteiger partial charge in [-0.25, -0.2) is 0 Å². The molecule has 4 nitrogen and oxygen atoms in total.